The van der Waals surface area contributed by atoms with Gasteiger partial charge in [0.2, 0.25) is 5.91 Å². The standard InChI is InChI=1S/C22H24ClFN4O/c1-13-6-8-16(18(24)10-13)20-26-14(2)28(27-20)19-11-15(7-9-17(19)23)12-25-21(29)22(3,4)5/h6-11H,2,12H2,1,3-5H3,(H,25,29)(H,26,27). The number of rotatable bonds is 4. The molecule has 7 heteroatoms. The quantitative estimate of drug-likeness (QED) is 0.762. The molecule has 0 spiro atoms. The van der Waals surface area contributed by atoms with Gasteiger partial charge in [-0.15, -0.1) is 0 Å². The molecule has 1 aliphatic heterocycles. The summed E-state index contributed by atoms with van der Waals surface area (Å²) in [5.41, 5.74) is 5.25. The maximum Gasteiger partial charge on any atom is 0.225 e. The Morgan fingerprint density at radius 3 is 2.66 bits per heavy atom. The van der Waals surface area contributed by atoms with Gasteiger partial charge in [-0.2, -0.15) is 0 Å². The summed E-state index contributed by atoms with van der Waals surface area (Å²) in [5, 5.41) is 4.99. The lowest BCUT2D eigenvalue weighted by molar-refractivity contribution is -0.128. The molecule has 29 heavy (non-hydrogen) atoms. The number of halogens is 2. The summed E-state index contributed by atoms with van der Waals surface area (Å²) in [4.78, 5) is 16.5. The van der Waals surface area contributed by atoms with Crippen LogP contribution in [-0.4, -0.2) is 11.7 Å². The molecule has 0 saturated heterocycles. The lowest BCUT2D eigenvalue weighted by Gasteiger charge is -2.22. The average molecular weight is 415 g/mol. The molecule has 0 fully saturated rings. The van der Waals surface area contributed by atoms with Crippen molar-refractivity contribution < 1.29 is 9.18 Å². The van der Waals surface area contributed by atoms with Crippen molar-refractivity contribution in [2.45, 2.75) is 34.2 Å². The smallest absolute Gasteiger partial charge is 0.225 e. The minimum atomic E-state index is -0.471. The van der Waals surface area contributed by atoms with E-state index in [9.17, 15) is 9.18 Å². The number of anilines is 1. The molecule has 0 bridgehead atoms. The summed E-state index contributed by atoms with van der Waals surface area (Å²) in [7, 11) is 0. The van der Waals surface area contributed by atoms with E-state index in [1.807, 2.05) is 45.9 Å². The van der Waals surface area contributed by atoms with E-state index in [1.54, 1.807) is 17.1 Å². The lowest BCUT2D eigenvalue weighted by atomic mass is 9.95. The fraction of sp³-hybridized carbons (Fsp3) is 0.273. The second kappa shape index (κ2) is 7.87. The number of carbonyl (C=O) groups excluding carboxylic acids is 1. The predicted molar refractivity (Wildman–Crippen MR) is 115 cm³/mol. The molecule has 2 aromatic rings. The second-order valence-electron chi connectivity index (χ2n) is 8.03. The number of amidine groups is 1. The van der Waals surface area contributed by atoms with Gasteiger partial charge in [-0.25, -0.2) is 14.4 Å². The van der Waals surface area contributed by atoms with Gasteiger partial charge < -0.3 is 5.32 Å². The van der Waals surface area contributed by atoms with Crippen LogP contribution in [0.1, 0.15) is 37.5 Å². The van der Waals surface area contributed by atoms with Crippen LogP contribution in [0.2, 0.25) is 5.02 Å². The van der Waals surface area contributed by atoms with Gasteiger partial charge in [0, 0.05) is 12.0 Å². The van der Waals surface area contributed by atoms with Gasteiger partial charge in [0.25, 0.3) is 0 Å². The van der Waals surface area contributed by atoms with Crippen molar-refractivity contribution >= 4 is 29.0 Å². The average Bonchev–Trinajstić information content (AvgIpc) is 3.01. The van der Waals surface area contributed by atoms with E-state index >= 15 is 0 Å². The Hall–Kier alpha value is -2.86. The molecular formula is C22H24ClFN4O. The SMILES string of the molecule is C=C1N=C(c2ccc(C)cc2F)NN1c1cc(CNC(=O)C(C)(C)C)ccc1Cl. The normalized spacial score (nSPS) is 13.9. The van der Waals surface area contributed by atoms with Gasteiger partial charge in [0.05, 0.1) is 16.3 Å². The zero-order valence-electron chi connectivity index (χ0n) is 16.9. The van der Waals surface area contributed by atoms with Gasteiger partial charge in [-0.1, -0.05) is 51.1 Å². The van der Waals surface area contributed by atoms with Crippen molar-refractivity contribution in [1.29, 1.82) is 0 Å². The topological polar surface area (TPSA) is 56.7 Å². The number of aliphatic imine (C=N–C) groups is 1. The summed E-state index contributed by atoms with van der Waals surface area (Å²) in [6.45, 7) is 11.7. The minimum absolute atomic E-state index is 0.0434. The molecule has 0 saturated carbocycles. The molecule has 1 aliphatic rings. The highest BCUT2D eigenvalue weighted by molar-refractivity contribution is 6.33. The molecule has 2 aromatic carbocycles. The third-order valence-electron chi connectivity index (χ3n) is 4.48. The zero-order chi connectivity index (χ0) is 21.3. The van der Waals surface area contributed by atoms with E-state index in [4.69, 9.17) is 11.6 Å². The summed E-state index contributed by atoms with van der Waals surface area (Å²) in [6.07, 6.45) is 0. The Morgan fingerprint density at radius 1 is 1.28 bits per heavy atom. The Morgan fingerprint density at radius 2 is 2.00 bits per heavy atom. The number of amides is 1. The summed E-state index contributed by atoms with van der Waals surface area (Å²) in [5.74, 6) is 0.335. The van der Waals surface area contributed by atoms with Gasteiger partial charge >= 0.3 is 0 Å². The molecule has 1 heterocycles. The Kier molecular flexibility index (Phi) is 5.66. The van der Waals surface area contributed by atoms with Crippen LogP contribution in [0.25, 0.3) is 0 Å². The van der Waals surface area contributed by atoms with Crippen LogP contribution in [0.3, 0.4) is 0 Å². The van der Waals surface area contributed by atoms with Crippen molar-refractivity contribution in [1.82, 2.24) is 10.7 Å². The highest BCUT2D eigenvalue weighted by Gasteiger charge is 2.25. The minimum Gasteiger partial charge on any atom is -0.352 e. The van der Waals surface area contributed by atoms with Crippen LogP contribution in [0, 0.1) is 18.2 Å². The molecule has 0 aliphatic carbocycles. The summed E-state index contributed by atoms with van der Waals surface area (Å²) >= 11 is 6.39. The first-order valence-electron chi connectivity index (χ1n) is 9.24. The number of nitrogens with one attached hydrogen (secondary N) is 2. The number of hydrogen-bond donors (Lipinski definition) is 2. The van der Waals surface area contributed by atoms with Crippen LogP contribution in [0.4, 0.5) is 10.1 Å². The summed E-state index contributed by atoms with van der Waals surface area (Å²) < 4.78 is 14.3. The third kappa shape index (κ3) is 4.59. The number of carbonyl (C=O) groups is 1. The fourth-order valence-electron chi connectivity index (χ4n) is 2.79. The maximum absolute atomic E-state index is 14.3. The Bertz CT molecular complexity index is 1010. The van der Waals surface area contributed by atoms with Crippen LogP contribution in [0.5, 0.6) is 0 Å². The first kappa shape index (κ1) is 20.9. The van der Waals surface area contributed by atoms with E-state index in [1.165, 1.54) is 6.07 Å². The molecule has 5 nitrogen and oxygen atoms in total. The van der Waals surface area contributed by atoms with Crippen LogP contribution in [-0.2, 0) is 11.3 Å². The third-order valence-corrected chi connectivity index (χ3v) is 4.80. The van der Waals surface area contributed by atoms with Gasteiger partial charge in [-0.3, -0.25) is 10.2 Å². The molecule has 1 amide bonds. The van der Waals surface area contributed by atoms with Crippen molar-refractivity contribution in [3.63, 3.8) is 0 Å². The number of hydrazine groups is 1. The number of nitrogens with zero attached hydrogens (tertiary/aromatic N) is 2. The molecular weight excluding hydrogens is 391 g/mol. The largest absolute Gasteiger partial charge is 0.352 e. The first-order chi connectivity index (χ1) is 13.6. The second-order valence-corrected chi connectivity index (χ2v) is 8.43. The van der Waals surface area contributed by atoms with E-state index in [0.29, 0.717) is 34.5 Å². The van der Waals surface area contributed by atoms with Crippen LogP contribution >= 0.6 is 11.6 Å². The number of hydrogen-bond acceptors (Lipinski definition) is 4. The molecule has 2 N–H and O–H groups in total. The highest BCUT2D eigenvalue weighted by Crippen LogP contribution is 2.31. The van der Waals surface area contributed by atoms with Gasteiger partial charge in [-0.05, 0) is 42.3 Å². The molecule has 0 atom stereocenters. The van der Waals surface area contributed by atoms with Gasteiger partial charge in [0.1, 0.15) is 11.6 Å². The van der Waals surface area contributed by atoms with E-state index in [0.717, 1.165) is 11.1 Å². The molecule has 152 valence electrons. The maximum atomic E-state index is 14.3. The predicted octanol–water partition coefficient (Wildman–Crippen LogP) is 4.69. The fourth-order valence-corrected chi connectivity index (χ4v) is 3.00. The monoisotopic (exact) mass is 414 g/mol. The Balaban J connectivity index is 1.80. The molecule has 0 unspecified atom stereocenters. The van der Waals surface area contributed by atoms with E-state index in [-0.39, 0.29) is 11.7 Å². The Labute approximate surface area is 175 Å². The van der Waals surface area contributed by atoms with Crippen molar-refractivity contribution in [3.05, 3.63) is 76.3 Å². The molecule has 3 rings (SSSR count). The molecule has 0 aromatic heterocycles. The summed E-state index contributed by atoms with van der Waals surface area (Å²) in [6, 6.07) is 10.4. The van der Waals surface area contributed by atoms with E-state index in [2.05, 4.69) is 22.3 Å². The van der Waals surface area contributed by atoms with E-state index < -0.39 is 5.41 Å². The molecule has 0 radical (unpaired) electrons. The highest BCUT2D eigenvalue weighted by atomic mass is 35.5. The van der Waals surface area contributed by atoms with Crippen molar-refractivity contribution in [2.75, 3.05) is 5.01 Å². The number of aryl methyl sites for hydroxylation is 1. The van der Waals surface area contributed by atoms with Crippen molar-refractivity contribution in [3.8, 4) is 0 Å². The number of benzene rings is 2. The van der Waals surface area contributed by atoms with Crippen molar-refractivity contribution in [2.24, 2.45) is 10.4 Å². The van der Waals surface area contributed by atoms with Crippen LogP contribution in [0.15, 0.2) is 53.8 Å². The first-order valence-corrected chi connectivity index (χ1v) is 9.61. The zero-order valence-corrected chi connectivity index (χ0v) is 17.7. The van der Waals surface area contributed by atoms with Gasteiger partial charge in [0.15, 0.2) is 5.84 Å². The van der Waals surface area contributed by atoms with Crippen LogP contribution < -0.4 is 15.8 Å². The lowest BCUT2D eigenvalue weighted by Crippen LogP contribution is -2.36.